The van der Waals surface area contributed by atoms with Gasteiger partial charge in [-0.2, -0.15) is 5.26 Å². The summed E-state index contributed by atoms with van der Waals surface area (Å²) in [6.07, 6.45) is 1.38. The third kappa shape index (κ3) is 4.52. The average Bonchev–Trinajstić information content (AvgIpc) is 3.18. The standard InChI is InChI=1S/C29H20ClN5O5/c1-15(2)23-24(25(36)18-9-17(13-31)10-19(30)12-18)34(29(40)33-26(23)37)14-16-7-8-32-22(11-16)35-27(38)20-5-3-4-6-21(20)28(35)39/h3-12,15H,14H2,1-2H3,(H,33,37,40). The summed E-state index contributed by atoms with van der Waals surface area (Å²) in [6, 6.07) is 15.5. The molecule has 4 aromatic rings. The third-order valence-corrected chi connectivity index (χ3v) is 6.71. The summed E-state index contributed by atoms with van der Waals surface area (Å²) in [7, 11) is 0. The van der Waals surface area contributed by atoms with Crippen LogP contribution in [0.25, 0.3) is 0 Å². The van der Waals surface area contributed by atoms with Gasteiger partial charge in [0.05, 0.1) is 29.3 Å². The Labute approximate surface area is 232 Å². The molecular formula is C29H20ClN5O5. The van der Waals surface area contributed by atoms with Crippen molar-refractivity contribution in [3.8, 4) is 6.07 Å². The van der Waals surface area contributed by atoms with Crippen LogP contribution in [0.1, 0.15) is 73.2 Å². The van der Waals surface area contributed by atoms with E-state index in [2.05, 4.69) is 9.97 Å². The van der Waals surface area contributed by atoms with Crippen LogP contribution in [0.15, 0.2) is 70.4 Å². The lowest BCUT2D eigenvalue weighted by Gasteiger charge is -2.18. The van der Waals surface area contributed by atoms with E-state index in [1.165, 1.54) is 30.5 Å². The number of anilines is 1. The van der Waals surface area contributed by atoms with Crippen LogP contribution in [0.3, 0.4) is 0 Å². The molecule has 0 aliphatic carbocycles. The molecule has 3 heterocycles. The molecule has 1 N–H and O–H groups in total. The highest BCUT2D eigenvalue weighted by molar-refractivity contribution is 6.34. The molecule has 0 saturated carbocycles. The number of carbonyl (C=O) groups is 3. The summed E-state index contributed by atoms with van der Waals surface area (Å²) in [5.41, 5.74) is -0.502. The number of hydrogen-bond donors (Lipinski definition) is 1. The Hall–Kier alpha value is -5.14. The minimum absolute atomic E-state index is 0.0335. The molecule has 40 heavy (non-hydrogen) atoms. The minimum atomic E-state index is -0.834. The monoisotopic (exact) mass is 553 g/mol. The fourth-order valence-corrected chi connectivity index (χ4v) is 4.94. The van der Waals surface area contributed by atoms with Gasteiger partial charge in [0, 0.05) is 22.3 Å². The van der Waals surface area contributed by atoms with Crippen LogP contribution in [-0.2, 0) is 6.54 Å². The van der Waals surface area contributed by atoms with Crippen LogP contribution in [-0.4, -0.2) is 32.1 Å². The molecule has 0 saturated heterocycles. The molecule has 1 aliphatic heterocycles. The van der Waals surface area contributed by atoms with Crippen LogP contribution in [0, 0.1) is 11.3 Å². The molecular weight excluding hydrogens is 534 g/mol. The molecule has 198 valence electrons. The number of nitrogens with zero attached hydrogens (tertiary/aromatic N) is 4. The number of H-pyrrole nitrogens is 1. The molecule has 0 bridgehead atoms. The lowest BCUT2D eigenvalue weighted by atomic mass is 9.96. The van der Waals surface area contributed by atoms with E-state index >= 15 is 0 Å². The summed E-state index contributed by atoms with van der Waals surface area (Å²) < 4.78 is 1.12. The van der Waals surface area contributed by atoms with Crippen molar-refractivity contribution in [2.24, 2.45) is 0 Å². The van der Waals surface area contributed by atoms with Crippen LogP contribution in [0.5, 0.6) is 0 Å². The van der Waals surface area contributed by atoms with Crippen molar-refractivity contribution >= 4 is 35.0 Å². The van der Waals surface area contributed by atoms with E-state index in [0.29, 0.717) is 5.56 Å². The van der Waals surface area contributed by atoms with Gasteiger partial charge in [0.25, 0.3) is 17.4 Å². The Morgan fingerprint density at radius 2 is 1.70 bits per heavy atom. The summed E-state index contributed by atoms with van der Waals surface area (Å²) >= 11 is 6.13. The Morgan fingerprint density at radius 1 is 1.02 bits per heavy atom. The lowest BCUT2D eigenvalue weighted by molar-refractivity contribution is 0.0924. The molecule has 11 heteroatoms. The van der Waals surface area contributed by atoms with Crippen molar-refractivity contribution in [3.63, 3.8) is 0 Å². The summed E-state index contributed by atoms with van der Waals surface area (Å²) in [6.45, 7) is 3.23. The third-order valence-electron chi connectivity index (χ3n) is 6.49. The smallest absolute Gasteiger partial charge is 0.287 e. The molecule has 0 radical (unpaired) electrons. The minimum Gasteiger partial charge on any atom is -0.287 e. The second kappa shape index (κ2) is 10.2. The zero-order valence-corrected chi connectivity index (χ0v) is 22.0. The Balaban J connectivity index is 1.62. The molecule has 10 nitrogen and oxygen atoms in total. The van der Waals surface area contributed by atoms with E-state index in [-0.39, 0.29) is 50.9 Å². The normalized spacial score (nSPS) is 12.5. The second-order valence-electron chi connectivity index (χ2n) is 9.45. The van der Waals surface area contributed by atoms with Crippen molar-refractivity contribution in [1.82, 2.24) is 14.5 Å². The van der Waals surface area contributed by atoms with E-state index in [1.54, 1.807) is 44.2 Å². The topological polar surface area (TPSA) is 146 Å². The molecule has 0 unspecified atom stereocenters. The van der Waals surface area contributed by atoms with Gasteiger partial charge in [0.2, 0.25) is 5.78 Å². The number of aromatic amines is 1. The molecule has 2 aromatic heterocycles. The van der Waals surface area contributed by atoms with Crippen LogP contribution >= 0.6 is 11.6 Å². The van der Waals surface area contributed by atoms with Crippen molar-refractivity contribution in [2.45, 2.75) is 26.3 Å². The van der Waals surface area contributed by atoms with Crippen molar-refractivity contribution in [2.75, 3.05) is 4.90 Å². The summed E-state index contributed by atoms with van der Waals surface area (Å²) in [5, 5.41) is 9.49. The highest BCUT2D eigenvalue weighted by Gasteiger charge is 2.37. The first kappa shape index (κ1) is 26.5. The van der Waals surface area contributed by atoms with Gasteiger partial charge in [0.1, 0.15) is 11.5 Å². The van der Waals surface area contributed by atoms with E-state index in [0.717, 1.165) is 9.47 Å². The largest absolute Gasteiger partial charge is 0.329 e. The predicted octanol–water partition coefficient (Wildman–Crippen LogP) is 3.66. The van der Waals surface area contributed by atoms with E-state index < -0.39 is 34.8 Å². The van der Waals surface area contributed by atoms with E-state index in [4.69, 9.17) is 11.6 Å². The first-order valence-electron chi connectivity index (χ1n) is 12.2. The number of benzene rings is 2. The number of fused-ring (bicyclic) bond motifs is 1. The molecule has 2 amide bonds. The van der Waals surface area contributed by atoms with E-state index in [1.807, 2.05) is 6.07 Å². The zero-order chi connectivity index (χ0) is 28.7. The van der Waals surface area contributed by atoms with Gasteiger partial charge in [-0.15, -0.1) is 0 Å². The molecule has 1 aliphatic rings. The second-order valence-corrected chi connectivity index (χ2v) is 9.88. The van der Waals surface area contributed by atoms with Crippen LogP contribution < -0.4 is 16.1 Å². The van der Waals surface area contributed by atoms with Crippen LogP contribution in [0.4, 0.5) is 5.82 Å². The number of nitrogens with one attached hydrogen (secondary N) is 1. The number of halogens is 1. The number of imide groups is 1. The van der Waals surface area contributed by atoms with Gasteiger partial charge in [-0.1, -0.05) is 37.6 Å². The maximum Gasteiger partial charge on any atom is 0.329 e. The Kier molecular flexibility index (Phi) is 6.75. The number of pyridine rings is 1. The molecule has 0 atom stereocenters. The highest BCUT2D eigenvalue weighted by atomic mass is 35.5. The summed E-state index contributed by atoms with van der Waals surface area (Å²) in [4.78, 5) is 73.1. The van der Waals surface area contributed by atoms with Gasteiger partial charge in [0.15, 0.2) is 0 Å². The average molecular weight is 554 g/mol. The number of rotatable bonds is 6. The fraction of sp³-hybridized carbons (Fsp3) is 0.138. The first-order chi connectivity index (χ1) is 19.1. The van der Waals surface area contributed by atoms with E-state index in [9.17, 15) is 29.2 Å². The number of nitriles is 1. The zero-order valence-electron chi connectivity index (χ0n) is 21.3. The van der Waals surface area contributed by atoms with Gasteiger partial charge < -0.3 is 0 Å². The quantitative estimate of drug-likeness (QED) is 0.283. The van der Waals surface area contributed by atoms with Crippen molar-refractivity contribution < 1.29 is 14.4 Å². The summed E-state index contributed by atoms with van der Waals surface area (Å²) in [5.74, 6) is -2.12. The number of carbonyl (C=O) groups excluding carboxylic acids is 3. The Morgan fingerprint density at radius 3 is 2.33 bits per heavy atom. The maximum absolute atomic E-state index is 13.8. The SMILES string of the molecule is CC(C)c1c(C(=O)c2cc(Cl)cc(C#N)c2)n(Cc2ccnc(N3C(=O)c4ccccc4C3=O)c2)c(=O)[nH]c1=O. The lowest BCUT2D eigenvalue weighted by Crippen LogP contribution is -2.38. The number of amides is 2. The number of hydrogen-bond acceptors (Lipinski definition) is 7. The molecule has 0 spiro atoms. The van der Waals surface area contributed by atoms with Gasteiger partial charge >= 0.3 is 5.69 Å². The predicted molar refractivity (Wildman–Crippen MR) is 146 cm³/mol. The molecule has 5 rings (SSSR count). The first-order valence-corrected chi connectivity index (χ1v) is 12.5. The van der Waals surface area contributed by atoms with Gasteiger partial charge in [-0.25, -0.2) is 14.7 Å². The molecule has 0 fully saturated rings. The van der Waals surface area contributed by atoms with Gasteiger partial charge in [-0.3, -0.25) is 28.7 Å². The maximum atomic E-state index is 13.8. The van der Waals surface area contributed by atoms with Crippen molar-refractivity contribution in [3.05, 3.63) is 126 Å². The number of ketones is 1. The fourth-order valence-electron chi connectivity index (χ4n) is 4.70. The van der Waals surface area contributed by atoms with Gasteiger partial charge in [-0.05, 0) is 53.9 Å². The molecule has 2 aromatic carbocycles. The highest BCUT2D eigenvalue weighted by Crippen LogP contribution is 2.28. The van der Waals surface area contributed by atoms with Crippen LogP contribution in [0.2, 0.25) is 5.02 Å². The number of aromatic nitrogens is 3. The Bertz CT molecular complexity index is 1870. The van der Waals surface area contributed by atoms with Crippen molar-refractivity contribution in [1.29, 1.82) is 5.26 Å².